The minimum atomic E-state index is -0.295. The van der Waals surface area contributed by atoms with Crippen molar-refractivity contribution >= 4 is 11.7 Å². The molecule has 7 heteroatoms. The number of piperazine rings is 1. The van der Waals surface area contributed by atoms with E-state index in [0.29, 0.717) is 57.0 Å². The molecule has 174 valence electrons. The van der Waals surface area contributed by atoms with Gasteiger partial charge in [0.15, 0.2) is 0 Å². The van der Waals surface area contributed by atoms with E-state index in [-0.39, 0.29) is 30.1 Å². The maximum absolute atomic E-state index is 12.8. The fourth-order valence-corrected chi connectivity index (χ4v) is 5.08. The number of nitrogens with zero attached hydrogens (tertiary/aromatic N) is 4. The molecule has 0 aromatic carbocycles. The number of fused-ring (bicyclic) bond motifs is 1. The van der Waals surface area contributed by atoms with Gasteiger partial charge in [-0.15, -0.1) is 0 Å². The molecule has 1 aliphatic carbocycles. The second kappa shape index (κ2) is 8.99. The molecule has 1 aromatic heterocycles. The molecule has 0 bridgehead atoms. The number of pyridine rings is 1. The van der Waals surface area contributed by atoms with Crippen molar-refractivity contribution in [2.24, 2.45) is 5.92 Å². The van der Waals surface area contributed by atoms with E-state index in [1.807, 2.05) is 4.90 Å². The van der Waals surface area contributed by atoms with Crippen LogP contribution in [-0.4, -0.2) is 58.8 Å². The number of aliphatic hydroxyl groups excluding tert-OH is 1. The number of anilines is 1. The first kappa shape index (κ1) is 23.0. The number of carbonyl (C=O) groups is 1. The molecule has 3 heterocycles. The van der Waals surface area contributed by atoms with Crippen molar-refractivity contribution in [2.45, 2.75) is 84.0 Å². The first-order valence-electron chi connectivity index (χ1n) is 12.0. The molecule has 3 aliphatic rings. The number of hydrogen-bond acceptors (Lipinski definition) is 6. The highest BCUT2D eigenvalue weighted by Gasteiger charge is 2.39. The van der Waals surface area contributed by atoms with Gasteiger partial charge in [-0.25, -0.2) is 4.98 Å². The van der Waals surface area contributed by atoms with Crippen molar-refractivity contribution in [3.05, 3.63) is 22.4 Å². The number of hydrogen-bond donors (Lipinski definition) is 1. The summed E-state index contributed by atoms with van der Waals surface area (Å²) < 4.78 is 6.09. The third-order valence-electron chi connectivity index (χ3n) is 7.07. The predicted octanol–water partition coefficient (Wildman–Crippen LogP) is 3.13. The van der Waals surface area contributed by atoms with Gasteiger partial charge in [-0.2, -0.15) is 5.26 Å². The van der Waals surface area contributed by atoms with Crippen molar-refractivity contribution in [3.8, 4) is 6.07 Å². The quantitative estimate of drug-likeness (QED) is 0.731. The van der Waals surface area contributed by atoms with E-state index in [1.165, 1.54) is 0 Å². The Labute approximate surface area is 191 Å². The van der Waals surface area contributed by atoms with Crippen LogP contribution in [0, 0.1) is 17.2 Å². The highest BCUT2D eigenvalue weighted by Crippen LogP contribution is 2.46. The Morgan fingerprint density at radius 3 is 2.69 bits per heavy atom. The van der Waals surface area contributed by atoms with Gasteiger partial charge in [0.05, 0.1) is 29.5 Å². The summed E-state index contributed by atoms with van der Waals surface area (Å²) in [7, 11) is 0. The van der Waals surface area contributed by atoms with Crippen LogP contribution in [0.2, 0.25) is 0 Å². The number of aromatic nitrogens is 1. The van der Waals surface area contributed by atoms with Crippen LogP contribution in [0.3, 0.4) is 0 Å². The SMILES string of the molecule is CC(C)C1CN(c2nc(C3CC3)c3c(c2C#N)CC(C)(C)OC3)CCN1C(=O)CCCO. The second-order valence-electron chi connectivity index (χ2n) is 10.4. The first-order valence-corrected chi connectivity index (χ1v) is 12.0. The number of rotatable bonds is 6. The Balaban J connectivity index is 1.68. The van der Waals surface area contributed by atoms with Crippen molar-refractivity contribution in [2.75, 3.05) is 31.1 Å². The zero-order chi connectivity index (χ0) is 23.0. The third kappa shape index (κ3) is 4.49. The minimum absolute atomic E-state index is 0.0344. The standard InChI is InChI=1S/C25H36N4O3/c1-16(2)21-14-28(9-10-29(21)22(31)6-5-11-30)24-19(13-26)18-12-25(3,4)32-15-20(18)23(27-24)17-7-8-17/h16-17,21,30H,5-12,14-15H2,1-4H3. The lowest BCUT2D eigenvalue weighted by Crippen LogP contribution is -2.57. The van der Waals surface area contributed by atoms with Gasteiger partial charge in [0.2, 0.25) is 5.91 Å². The van der Waals surface area contributed by atoms with Gasteiger partial charge < -0.3 is 19.6 Å². The van der Waals surface area contributed by atoms with Crippen LogP contribution in [0.25, 0.3) is 0 Å². The molecule has 1 saturated heterocycles. The van der Waals surface area contributed by atoms with Crippen LogP contribution in [0.15, 0.2) is 0 Å². The van der Waals surface area contributed by atoms with Gasteiger partial charge in [0.25, 0.3) is 0 Å². The van der Waals surface area contributed by atoms with E-state index >= 15 is 0 Å². The van der Waals surface area contributed by atoms with Gasteiger partial charge in [-0.1, -0.05) is 13.8 Å². The van der Waals surface area contributed by atoms with Crippen molar-refractivity contribution in [3.63, 3.8) is 0 Å². The fourth-order valence-electron chi connectivity index (χ4n) is 5.08. The highest BCUT2D eigenvalue weighted by atomic mass is 16.5. The Hall–Kier alpha value is -2.17. The van der Waals surface area contributed by atoms with Gasteiger partial charge in [-0.05, 0) is 44.6 Å². The smallest absolute Gasteiger partial charge is 0.223 e. The summed E-state index contributed by atoms with van der Waals surface area (Å²) in [5.74, 6) is 1.66. The molecule has 2 aliphatic heterocycles. The summed E-state index contributed by atoms with van der Waals surface area (Å²) in [5.41, 5.74) is 3.75. The summed E-state index contributed by atoms with van der Waals surface area (Å²) in [6.45, 7) is 11.0. The molecule has 1 amide bonds. The first-order chi connectivity index (χ1) is 15.3. The molecule has 1 unspecified atom stereocenters. The average Bonchev–Trinajstić information content (AvgIpc) is 3.60. The maximum atomic E-state index is 12.8. The monoisotopic (exact) mass is 440 g/mol. The molecule has 2 fully saturated rings. The molecular weight excluding hydrogens is 404 g/mol. The molecular formula is C25H36N4O3. The average molecular weight is 441 g/mol. The van der Waals surface area contributed by atoms with Crippen molar-refractivity contribution in [1.82, 2.24) is 9.88 Å². The van der Waals surface area contributed by atoms with E-state index in [1.54, 1.807) is 0 Å². The minimum Gasteiger partial charge on any atom is -0.396 e. The molecule has 0 radical (unpaired) electrons. The summed E-state index contributed by atoms with van der Waals surface area (Å²) in [4.78, 5) is 22.1. The topological polar surface area (TPSA) is 89.7 Å². The van der Waals surface area contributed by atoms with Crippen LogP contribution >= 0.6 is 0 Å². The number of nitriles is 1. The zero-order valence-corrected chi connectivity index (χ0v) is 19.9. The van der Waals surface area contributed by atoms with E-state index < -0.39 is 0 Å². The third-order valence-corrected chi connectivity index (χ3v) is 7.07. The summed E-state index contributed by atoms with van der Waals surface area (Å²) in [5, 5.41) is 19.3. The predicted molar refractivity (Wildman–Crippen MR) is 122 cm³/mol. The van der Waals surface area contributed by atoms with E-state index in [4.69, 9.17) is 14.8 Å². The molecule has 0 spiro atoms. The lowest BCUT2D eigenvalue weighted by Gasteiger charge is -2.44. The molecule has 1 atom stereocenters. The van der Waals surface area contributed by atoms with Crippen molar-refractivity contribution < 1.29 is 14.6 Å². The van der Waals surface area contributed by atoms with Gasteiger partial charge in [0.1, 0.15) is 11.9 Å². The maximum Gasteiger partial charge on any atom is 0.223 e. The zero-order valence-electron chi connectivity index (χ0n) is 19.9. The Morgan fingerprint density at radius 1 is 1.31 bits per heavy atom. The number of amides is 1. The van der Waals surface area contributed by atoms with Gasteiger partial charge >= 0.3 is 0 Å². The Bertz CT molecular complexity index is 917. The van der Waals surface area contributed by atoms with Crippen LogP contribution < -0.4 is 4.90 Å². The lowest BCUT2D eigenvalue weighted by molar-refractivity contribution is -0.135. The second-order valence-corrected chi connectivity index (χ2v) is 10.4. The number of aliphatic hydroxyl groups is 1. The summed E-state index contributed by atoms with van der Waals surface area (Å²) in [6, 6.07) is 2.54. The van der Waals surface area contributed by atoms with E-state index in [9.17, 15) is 10.1 Å². The Morgan fingerprint density at radius 2 is 2.06 bits per heavy atom. The van der Waals surface area contributed by atoms with Crippen LogP contribution in [0.4, 0.5) is 5.82 Å². The molecule has 1 aromatic rings. The summed E-state index contributed by atoms with van der Waals surface area (Å²) in [6.07, 6.45) is 3.89. The van der Waals surface area contributed by atoms with Gasteiger partial charge in [0, 0.05) is 50.6 Å². The van der Waals surface area contributed by atoms with E-state index in [0.717, 1.165) is 35.5 Å². The lowest BCUT2D eigenvalue weighted by atomic mass is 9.87. The largest absolute Gasteiger partial charge is 0.396 e. The Kier molecular flexibility index (Phi) is 6.46. The number of ether oxygens (including phenoxy) is 1. The molecule has 7 nitrogen and oxygen atoms in total. The summed E-state index contributed by atoms with van der Waals surface area (Å²) >= 11 is 0. The van der Waals surface area contributed by atoms with Crippen LogP contribution in [-0.2, 0) is 22.6 Å². The fraction of sp³-hybridized carbons (Fsp3) is 0.720. The molecule has 1 N–H and O–H groups in total. The molecule has 4 rings (SSSR count). The van der Waals surface area contributed by atoms with E-state index in [2.05, 4.69) is 38.7 Å². The molecule has 1 saturated carbocycles. The molecule has 32 heavy (non-hydrogen) atoms. The van der Waals surface area contributed by atoms with Crippen LogP contribution in [0.1, 0.15) is 81.7 Å². The van der Waals surface area contributed by atoms with Crippen LogP contribution in [0.5, 0.6) is 0 Å². The number of carbonyl (C=O) groups excluding carboxylic acids is 1. The highest BCUT2D eigenvalue weighted by molar-refractivity contribution is 5.77. The normalized spacial score (nSPS) is 22.6. The van der Waals surface area contributed by atoms with Crippen molar-refractivity contribution in [1.29, 1.82) is 5.26 Å². The van der Waals surface area contributed by atoms with Gasteiger partial charge in [-0.3, -0.25) is 4.79 Å².